The summed E-state index contributed by atoms with van der Waals surface area (Å²) < 4.78 is 40.4. The second-order valence-electron chi connectivity index (χ2n) is 17.3. The highest BCUT2D eigenvalue weighted by molar-refractivity contribution is 6.08. The minimum atomic E-state index is -0.457. The quantitative estimate of drug-likeness (QED) is 0.137. The van der Waals surface area contributed by atoms with Crippen LogP contribution in [0.3, 0.4) is 0 Å². The van der Waals surface area contributed by atoms with Gasteiger partial charge in [0.1, 0.15) is 11.6 Å². The monoisotopic (exact) mass is 876 g/mol. The van der Waals surface area contributed by atoms with E-state index in [2.05, 4.69) is 37.7 Å². The summed E-state index contributed by atoms with van der Waals surface area (Å²) in [5, 5.41) is 22.3. The number of fused-ring (bicyclic) bond motifs is 2. The number of benzene rings is 3. The predicted molar refractivity (Wildman–Crippen MR) is 234 cm³/mol. The Morgan fingerprint density at radius 3 is 2.34 bits per heavy atom. The smallest absolute Gasteiger partial charge is 0.329 e. The SMILES string of the molecule is Cn1nc(N2CCC(=O)NC2=O)c2ccc(C3CCN(Cc4ccc(-c5cc6nccc(-c7ccc(CNC(=O)N8CC(OC(C)(C)C)C8)c(F)c7)n6n5)cc4F)CC3)cc21.O=CO. The van der Waals surface area contributed by atoms with Gasteiger partial charge >= 0.3 is 12.1 Å². The van der Waals surface area contributed by atoms with Crippen molar-refractivity contribution in [3.8, 4) is 22.5 Å². The molecule has 3 saturated heterocycles. The van der Waals surface area contributed by atoms with Gasteiger partial charge in [-0.1, -0.05) is 30.3 Å². The fourth-order valence-electron chi connectivity index (χ4n) is 8.54. The third-order valence-corrected chi connectivity index (χ3v) is 11.8. The molecule has 0 unspecified atom stereocenters. The van der Waals surface area contributed by atoms with E-state index < -0.39 is 11.8 Å². The molecule has 3 fully saturated rings. The zero-order valence-corrected chi connectivity index (χ0v) is 36.1. The van der Waals surface area contributed by atoms with E-state index in [0.717, 1.165) is 36.8 Å². The molecule has 0 saturated carbocycles. The van der Waals surface area contributed by atoms with Gasteiger partial charge in [0.25, 0.3) is 6.47 Å². The number of imide groups is 1. The number of hydrogen-bond acceptors (Lipinski definition) is 9. The zero-order valence-electron chi connectivity index (χ0n) is 36.1. The Hall–Kier alpha value is -6.79. The second kappa shape index (κ2) is 18.1. The molecule has 16 nitrogen and oxygen atoms in total. The molecule has 3 N–H and O–H groups in total. The van der Waals surface area contributed by atoms with E-state index >= 15 is 8.78 Å². The number of hydrogen-bond donors (Lipinski definition) is 3. The van der Waals surface area contributed by atoms with Gasteiger partial charge in [0.15, 0.2) is 11.5 Å². The fourth-order valence-corrected chi connectivity index (χ4v) is 8.54. The lowest BCUT2D eigenvalue weighted by atomic mass is 9.88. The van der Waals surface area contributed by atoms with Gasteiger partial charge in [0, 0.05) is 73.0 Å². The molecule has 6 aromatic rings. The lowest BCUT2D eigenvalue weighted by molar-refractivity contribution is -0.123. The van der Waals surface area contributed by atoms with E-state index in [-0.39, 0.29) is 48.9 Å². The van der Waals surface area contributed by atoms with Crippen LogP contribution in [0.25, 0.3) is 39.1 Å². The van der Waals surface area contributed by atoms with Crippen LogP contribution in [0.1, 0.15) is 62.6 Å². The number of amides is 5. The lowest BCUT2D eigenvalue weighted by Crippen LogP contribution is -2.59. The van der Waals surface area contributed by atoms with Crippen LogP contribution in [-0.4, -0.2) is 108 Å². The molecule has 6 heterocycles. The van der Waals surface area contributed by atoms with Crippen LogP contribution in [-0.2, 0) is 34.5 Å². The van der Waals surface area contributed by atoms with Crippen molar-refractivity contribution >= 4 is 46.8 Å². The number of aromatic nitrogens is 5. The summed E-state index contributed by atoms with van der Waals surface area (Å²) in [4.78, 5) is 55.1. The first-order valence-corrected chi connectivity index (χ1v) is 21.2. The number of nitrogens with one attached hydrogen (secondary N) is 2. The van der Waals surface area contributed by atoms with Crippen LogP contribution in [0.5, 0.6) is 0 Å². The molecular formula is C46H50F2N10O6. The number of carbonyl (C=O) groups is 4. The van der Waals surface area contributed by atoms with E-state index in [0.29, 0.717) is 77.2 Å². The van der Waals surface area contributed by atoms with Crippen molar-refractivity contribution < 1.29 is 37.8 Å². The number of halogens is 2. The summed E-state index contributed by atoms with van der Waals surface area (Å²) in [6.45, 7) is 9.13. The first kappa shape index (κ1) is 43.8. The summed E-state index contributed by atoms with van der Waals surface area (Å²) in [7, 11) is 1.86. The van der Waals surface area contributed by atoms with Gasteiger partial charge in [-0.2, -0.15) is 10.2 Å². The van der Waals surface area contributed by atoms with Crippen molar-refractivity contribution in [2.45, 2.75) is 70.7 Å². The molecule has 9 rings (SSSR count). The largest absolute Gasteiger partial charge is 0.483 e. The van der Waals surface area contributed by atoms with Crippen molar-refractivity contribution in [1.29, 1.82) is 0 Å². The number of rotatable bonds is 9. The maximum atomic E-state index is 15.7. The van der Waals surface area contributed by atoms with Crippen LogP contribution < -0.4 is 15.5 Å². The molecule has 3 aliphatic heterocycles. The average molecular weight is 877 g/mol. The van der Waals surface area contributed by atoms with E-state index in [1.165, 1.54) is 22.6 Å². The van der Waals surface area contributed by atoms with E-state index in [9.17, 15) is 14.4 Å². The number of piperidine rings is 1. The fraction of sp³-hybridized carbons (Fsp3) is 0.370. The second-order valence-corrected chi connectivity index (χ2v) is 17.3. The summed E-state index contributed by atoms with van der Waals surface area (Å²) in [5.74, 6) is -0.180. The molecule has 3 aromatic heterocycles. The molecule has 0 atom stereocenters. The Kier molecular flexibility index (Phi) is 12.4. The molecule has 0 spiro atoms. The van der Waals surface area contributed by atoms with Crippen LogP contribution in [0.15, 0.2) is 72.9 Å². The number of anilines is 1. The van der Waals surface area contributed by atoms with E-state index in [1.54, 1.807) is 44.6 Å². The van der Waals surface area contributed by atoms with Gasteiger partial charge in [0.05, 0.1) is 41.7 Å². The predicted octanol–water partition coefficient (Wildman–Crippen LogP) is 6.46. The number of likely N-dealkylation sites (tertiary alicyclic amines) is 2. The van der Waals surface area contributed by atoms with Crippen molar-refractivity contribution in [2.24, 2.45) is 7.05 Å². The minimum Gasteiger partial charge on any atom is -0.483 e. The Morgan fingerprint density at radius 1 is 0.938 bits per heavy atom. The minimum absolute atomic E-state index is 0.00466. The van der Waals surface area contributed by atoms with Gasteiger partial charge in [-0.05, 0) is 88.5 Å². The maximum absolute atomic E-state index is 15.7. The van der Waals surface area contributed by atoms with Gasteiger partial charge in [-0.25, -0.2) is 27.9 Å². The van der Waals surface area contributed by atoms with Crippen LogP contribution in [0, 0.1) is 11.6 Å². The Labute approximate surface area is 367 Å². The molecule has 3 aliphatic rings. The standard InChI is InChI=1S/C45H48F2N10O4.CH2O2/c1-45(2,3)61-33-25-55(26-33)43(59)49-23-31-7-6-30(20-35(31)46)38-11-15-48-40-22-37(51-57(38)40)29-5-8-32(36(47)19-29)24-54-16-12-27(13-17-54)28-9-10-34-39(21-28)53(4)52-42(34)56-18-14-41(58)50-44(56)60;2-1-3/h5-11,15,19-22,27,33H,12-14,16-18,23-26H2,1-4H3,(H,49,59)(H,50,58,60);1H,(H,2,3). The number of ether oxygens (including phenoxy) is 1. The van der Waals surface area contributed by atoms with Gasteiger partial charge in [0.2, 0.25) is 5.91 Å². The number of aryl methyl sites for hydroxylation is 1. The summed E-state index contributed by atoms with van der Waals surface area (Å²) in [6, 6.07) is 19.1. The molecule has 0 aliphatic carbocycles. The van der Waals surface area contributed by atoms with Gasteiger partial charge < -0.3 is 20.1 Å². The van der Waals surface area contributed by atoms with Crippen molar-refractivity contribution in [3.63, 3.8) is 0 Å². The highest BCUT2D eigenvalue weighted by Crippen LogP contribution is 2.35. The van der Waals surface area contributed by atoms with Gasteiger partial charge in [-0.15, -0.1) is 0 Å². The van der Waals surface area contributed by atoms with E-state index in [1.807, 2.05) is 46.0 Å². The molecule has 3 aromatic carbocycles. The van der Waals surface area contributed by atoms with Crippen molar-refractivity contribution in [2.75, 3.05) is 37.6 Å². The molecule has 18 heteroatoms. The highest BCUT2D eigenvalue weighted by atomic mass is 19.1. The van der Waals surface area contributed by atoms with Crippen LogP contribution in [0.2, 0.25) is 0 Å². The van der Waals surface area contributed by atoms with Gasteiger partial charge in [-0.3, -0.25) is 29.4 Å². The van der Waals surface area contributed by atoms with Crippen molar-refractivity contribution in [3.05, 3.63) is 101 Å². The normalized spacial score (nSPS) is 16.4. The molecule has 0 bridgehead atoms. The Bertz CT molecular complexity index is 2730. The molecular weight excluding hydrogens is 827 g/mol. The Morgan fingerprint density at radius 2 is 1.64 bits per heavy atom. The molecule has 64 heavy (non-hydrogen) atoms. The number of nitrogens with zero attached hydrogens (tertiary/aromatic N) is 8. The Balaban J connectivity index is 0.00000182. The topological polar surface area (TPSA) is 180 Å². The number of carboxylic acid groups (broad SMARTS) is 1. The summed E-state index contributed by atoms with van der Waals surface area (Å²) >= 11 is 0. The van der Waals surface area contributed by atoms with E-state index in [4.69, 9.17) is 19.7 Å². The summed E-state index contributed by atoms with van der Waals surface area (Å²) in [6.07, 6.45) is 3.69. The lowest BCUT2D eigenvalue weighted by Gasteiger charge is -2.41. The summed E-state index contributed by atoms with van der Waals surface area (Å²) in [5.41, 5.74) is 5.69. The number of carbonyl (C=O) groups excluding carboxylic acids is 3. The van der Waals surface area contributed by atoms with Crippen LogP contribution >= 0.6 is 0 Å². The van der Waals surface area contributed by atoms with Crippen LogP contribution in [0.4, 0.5) is 24.2 Å². The maximum Gasteiger partial charge on any atom is 0.329 e. The highest BCUT2D eigenvalue weighted by Gasteiger charge is 2.34. The zero-order chi connectivity index (χ0) is 45.3. The van der Waals surface area contributed by atoms with Crippen molar-refractivity contribution in [1.82, 2.24) is 44.8 Å². The molecule has 5 amide bonds. The third-order valence-electron chi connectivity index (χ3n) is 11.8. The third kappa shape index (κ3) is 9.42. The number of urea groups is 2. The average Bonchev–Trinajstić information content (AvgIpc) is 3.83. The first-order valence-electron chi connectivity index (χ1n) is 21.2. The molecule has 334 valence electrons. The first-order chi connectivity index (χ1) is 30.7. The molecule has 0 radical (unpaired) electrons.